The Morgan fingerprint density at radius 1 is 0.963 bits per heavy atom. The van der Waals surface area contributed by atoms with Crippen LogP contribution in [0.3, 0.4) is 0 Å². The molecule has 27 heavy (non-hydrogen) atoms. The molecule has 0 aliphatic carbocycles. The van der Waals surface area contributed by atoms with Crippen molar-refractivity contribution in [1.82, 2.24) is 0 Å². The van der Waals surface area contributed by atoms with Crippen LogP contribution in [0.4, 0.5) is 11.4 Å². The van der Waals surface area contributed by atoms with Gasteiger partial charge in [0, 0.05) is 0 Å². The number of aromatic hydroxyl groups is 1. The Labute approximate surface area is 156 Å². The van der Waals surface area contributed by atoms with Crippen LogP contribution in [0.25, 0.3) is 10.8 Å². The smallest absolute Gasteiger partial charge is 0.296 e. The number of nitrogens with one attached hydrogen (secondary N) is 1. The number of phenolic OH excluding ortho intramolecular Hbond substituents is 1. The van der Waals surface area contributed by atoms with Gasteiger partial charge in [0.05, 0.1) is 16.3 Å². The van der Waals surface area contributed by atoms with E-state index in [2.05, 4.69) is 4.72 Å². The minimum absolute atomic E-state index is 0.0506. The maximum Gasteiger partial charge on any atom is 0.296 e. The van der Waals surface area contributed by atoms with Crippen LogP contribution in [0.1, 0.15) is 5.56 Å². The number of benzene rings is 3. The zero-order valence-corrected chi connectivity index (χ0v) is 15.7. The van der Waals surface area contributed by atoms with Crippen molar-refractivity contribution < 1.29 is 26.5 Å². The van der Waals surface area contributed by atoms with Crippen molar-refractivity contribution in [3.8, 4) is 5.75 Å². The van der Waals surface area contributed by atoms with Crippen molar-refractivity contribution >= 4 is 42.3 Å². The largest absolute Gasteiger partial charge is 0.508 e. The molecular formula is C17H16N2O6S2. The predicted octanol–water partition coefficient (Wildman–Crippen LogP) is 2.48. The van der Waals surface area contributed by atoms with Gasteiger partial charge >= 0.3 is 0 Å². The molecule has 0 unspecified atom stereocenters. The molecule has 0 aromatic heterocycles. The Morgan fingerprint density at radius 2 is 1.67 bits per heavy atom. The van der Waals surface area contributed by atoms with Gasteiger partial charge < -0.3 is 10.8 Å². The van der Waals surface area contributed by atoms with Crippen molar-refractivity contribution in [2.24, 2.45) is 0 Å². The van der Waals surface area contributed by atoms with Gasteiger partial charge in [-0.05, 0) is 59.7 Å². The molecule has 0 spiro atoms. The van der Waals surface area contributed by atoms with Gasteiger partial charge in [-0.25, -0.2) is 8.42 Å². The van der Waals surface area contributed by atoms with E-state index in [1.165, 1.54) is 30.3 Å². The molecule has 0 heterocycles. The Bertz CT molecular complexity index is 1270. The second-order valence-electron chi connectivity index (χ2n) is 5.93. The number of nitrogens with two attached hydrogens (primary N) is 1. The quantitative estimate of drug-likeness (QED) is 0.383. The highest BCUT2D eigenvalue weighted by atomic mass is 32.2. The van der Waals surface area contributed by atoms with Crippen LogP contribution in [0.5, 0.6) is 5.75 Å². The lowest BCUT2D eigenvalue weighted by Crippen LogP contribution is -2.14. The molecule has 3 rings (SSSR count). The first-order valence-corrected chi connectivity index (χ1v) is 10.5. The van der Waals surface area contributed by atoms with Crippen LogP contribution < -0.4 is 10.5 Å². The molecule has 3 aromatic rings. The third kappa shape index (κ3) is 3.68. The zero-order chi connectivity index (χ0) is 20.0. The fraction of sp³-hybridized carbons (Fsp3) is 0.0588. The highest BCUT2D eigenvalue weighted by molar-refractivity contribution is 7.92. The van der Waals surface area contributed by atoms with E-state index in [0.717, 1.165) is 6.07 Å². The highest BCUT2D eigenvalue weighted by Crippen LogP contribution is 2.29. The molecule has 0 radical (unpaired) electrons. The van der Waals surface area contributed by atoms with Gasteiger partial charge in [0.1, 0.15) is 10.6 Å². The monoisotopic (exact) mass is 408 g/mol. The molecular weight excluding hydrogens is 392 g/mol. The van der Waals surface area contributed by atoms with E-state index in [1.54, 1.807) is 19.1 Å². The van der Waals surface area contributed by atoms with E-state index in [4.69, 9.17) is 5.73 Å². The average Bonchev–Trinajstić information content (AvgIpc) is 2.58. The van der Waals surface area contributed by atoms with E-state index >= 15 is 0 Å². The van der Waals surface area contributed by atoms with E-state index in [0.29, 0.717) is 16.3 Å². The maximum absolute atomic E-state index is 12.6. The summed E-state index contributed by atoms with van der Waals surface area (Å²) >= 11 is 0. The lowest BCUT2D eigenvalue weighted by Gasteiger charge is -2.12. The Balaban J connectivity index is 2.03. The third-order valence-electron chi connectivity index (χ3n) is 4.09. The van der Waals surface area contributed by atoms with Gasteiger partial charge in [-0.15, -0.1) is 0 Å². The van der Waals surface area contributed by atoms with E-state index < -0.39 is 25.0 Å². The normalized spacial score (nSPS) is 12.2. The van der Waals surface area contributed by atoms with E-state index in [-0.39, 0.29) is 22.0 Å². The zero-order valence-electron chi connectivity index (χ0n) is 14.0. The average molecular weight is 408 g/mol. The summed E-state index contributed by atoms with van der Waals surface area (Å²) in [6, 6.07) is 10.8. The van der Waals surface area contributed by atoms with Crippen LogP contribution in [-0.2, 0) is 20.1 Å². The van der Waals surface area contributed by atoms with Crippen LogP contribution >= 0.6 is 0 Å². The van der Waals surface area contributed by atoms with Gasteiger partial charge in [0.25, 0.3) is 20.1 Å². The Hall–Kier alpha value is -2.82. The first kappa shape index (κ1) is 19.0. The molecule has 0 atom stereocenters. The summed E-state index contributed by atoms with van der Waals surface area (Å²) in [7, 11) is -8.63. The second kappa shape index (κ2) is 6.41. The highest BCUT2D eigenvalue weighted by Gasteiger charge is 2.19. The SMILES string of the molecule is Cc1c(O)ccc2cc(S(=O)(=O)Nc3ccc(N)c(S(=O)(=O)O)c3)ccc12. The number of sulfonamides is 1. The molecule has 0 aliphatic rings. The standard InChI is InChI=1S/C17H16N2O6S2/c1-10-14-5-4-13(8-11(14)2-7-16(10)20)26(21,22)19-12-3-6-15(18)17(9-12)27(23,24)25/h2-9,19-20H,18H2,1H3,(H,23,24,25). The van der Waals surface area contributed by atoms with Crippen molar-refractivity contribution in [1.29, 1.82) is 0 Å². The number of hydrogen-bond donors (Lipinski definition) is 4. The molecule has 0 amide bonds. The Morgan fingerprint density at radius 3 is 2.33 bits per heavy atom. The van der Waals surface area contributed by atoms with Gasteiger partial charge in [-0.2, -0.15) is 8.42 Å². The lowest BCUT2D eigenvalue weighted by atomic mass is 10.1. The van der Waals surface area contributed by atoms with Crippen molar-refractivity contribution in [3.63, 3.8) is 0 Å². The predicted molar refractivity (Wildman–Crippen MR) is 102 cm³/mol. The number of phenols is 1. The topological polar surface area (TPSA) is 147 Å². The Kier molecular flexibility index (Phi) is 4.50. The fourth-order valence-electron chi connectivity index (χ4n) is 2.65. The van der Waals surface area contributed by atoms with Gasteiger partial charge in [-0.1, -0.05) is 12.1 Å². The molecule has 0 bridgehead atoms. The van der Waals surface area contributed by atoms with Crippen LogP contribution in [0, 0.1) is 6.92 Å². The lowest BCUT2D eigenvalue weighted by molar-refractivity contribution is 0.472. The minimum Gasteiger partial charge on any atom is -0.508 e. The molecule has 5 N–H and O–H groups in total. The van der Waals surface area contributed by atoms with Crippen LogP contribution in [-0.4, -0.2) is 26.5 Å². The van der Waals surface area contributed by atoms with Gasteiger partial charge in [0.2, 0.25) is 0 Å². The first-order valence-electron chi connectivity index (χ1n) is 7.61. The van der Waals surface area contributed by atoms with Crippen molar-refractivity contribution in [3.05, 3.63) is 54.1 Å². The number of fused-ring (bicyclic) bond motifs is 1. The number of rotatable bonds is 4. The molecule has 0 aliphatic heterocycles. The van der Waals surface area contributed by atoms with Gasteiger partial charge in [0.15, 0.2) is 0 Å². The number of aryl methyl sites for hydroxylation is 1. The molecule has 142 valence electrons. The summed E-state index contributed by atoms with van der Waals surface area (Å²) in [4.78, 5) is -0.641. The van der Waals surface area contributed by atoms with Crippen molar-refractivity contribution in [2.75, 3.05) is 10.5 Å². The van der Waals surface area contributed by atoms with Crippen LogP contribution in [0.2, 0.25) is 0 Å². The van der Waals surface area contributed by atoms with E-state index in [1.807, 2.05) is 0 Å². The first-order chi connectivity index (χ1) is 12.5. The number of anilines is 2. The summed E-state index contributed by atoms with van der Waals surface area (Å²) in [6.07, 6.45) is 0. The van der Waals surface area contributed by atoms with Crippen LogP contribution in [0.15, 0.2) is 58.3 Å². The summed E-state index contributed by atoms with van der Waals surface area (Å²) < 4.78 is 59.4. The summed E-state index contributed by atoms with van der Waals surface area (Å²) in [5.41, 5.74) is 5.85. The summed E-state index contributed by atoms with van der Waals surface area (Å²) in [5.74, 6) is 0.107. The minimum atomic E-state index is -4.60. The molecule has 0 saturated carbocycles. The number of hydrogen-bond acceptors (Lipinski definition) is 6. The molecule has 3 aromatic carbocycles. The molecule has 0 saturated heterocycles. The maximum atomic E-state index is 12.6. The fourth-order valence-corrected chi connectivity index (χ4v) is 4.38. The van der Waals surface area contributed by atoms with Crippen molar-refractivity contribution in [2.45, 2.75) is 16.7 Å². The summed E-state index contributed by atoms with van der Waals surface area (Å²) in [5, 5.41) is 11.1. The molecule has 0 fully saturated rings. The number of nitrogen functional groups attached to an aromatic ring is 1. The van der Waals surface area contributed by atoms with Gasteiger partial charge in [-0.3, -0.25) is 9.27 Å². The second-order valence-corrected chi connectivity index (χ2v) is 9.00. The van der Waals surface area contributed by atoms with E-state index in [9.17, 15) is 26.5 Å². The summed E-state index contributed by atoms with van der Waals surface area (Å²) in [6.45, 7) is 1.72. The third-order valence-corrected chi connectivity index (χ3v) is 6.37. The molecule has 8 nitrogen and oxygen atoms in total. The molecule has 10 heteroatoms.